The third-order valence-electron chi connectivity index (χ3n) is 5.27. The lowest BCUT2D eigenvalue weighted by molar-refractivity contribution is -0.132. The molecule has 0 unspecified atom stereocenters. The van der Waals surface area contributed by atoms with Gasteiger partial charge in [-0.1, -0.05) is 78.1 Å². The summed E-state index contributed by atoms with van der Waals surface area (Å²) in [4.78, 5) is 32.4. The highest BCUT2D eigenvalue weighted by Gasteiger charge is 2.24. The normalized spacial score (nSPS) is 11.1. The monoisotopic (exact) mass is 462 g/mol. The minimum Gasteiger partial charge on any atom is -0.333 e. The van der Waals surface area contributed by atoms with Crippen molar-refractivity contribution in [1.82, 2.24) is 19.0 Å². The van der Waals surface area contributed by atoms with Crippen LogP contribution in [-0.4, -0.2) is 32.0 Å². The average molecular weight is 463 g/mol. The van der Waals surface area contributed by atoms with E-state index >= 15 is 0 Å². The molecular weight excluding hydrogens is 440 g/mol. The Morgan fingerprint density at radius 1 is 1.16 bits per heavy atom. The van der Waals surface area contributed by atoms with Gasteiger partial charge in [0.25, 0.3) is 5.56 Å². The highest BCUT2D eigenvalue weighted by Crippen LogP contribution is 2.27. The molecule has 6 nitrogen and oxygen atoms in total. The first-order valence-corrected chi connectivity index (χ1v) is 11.3. The number of thiazole rings is 1. The number of likely N-dealkylation sites (N-methyl/N-ethyl adjacent to an activating group) is 1. The molecule has 0 bridgehead atoms. The molecule has 0 fully saturated rings. The van der Waals surface area contributed by atoms with Crippen molar-refractivity contribution in [3.63, 3.8) is 0 Å². The Balaban J connectivity index is 1.67. The number of fused-ring (bicyclic) bond motifs is 1. The molecule has 4 rings (SSSR count). The molecule has 0 spiro atoms. The van der Waals surface area contributed by atoms with Gasteiger partial charge in [-0.25, -0.2) is 4.98 Å². The highest BCUT2D eigenvalue weighted by molar-refractivity contribution is 7.73. The molecular formula is C24H22N4O2S2. The molecule has 1 amide bonds. The quantitative estimate of drug-likeness (QED) is 0.301. The molecule has 0 saturated carbocycles. The van der Waals surface area contributed by atoms with Crippen LogP contribution in [0.25, 0.3) is 10.3 Å². The number of nitrogens with zero attached hydrogens (tertiary/aromatic N) is 4. The predicted molar refractivity (Wildman–Crippen MR) is 130 cm³/mol. The number of aromatic nitrogens is 3. The van der Waals surface area contributed by atoms with Crippen molar-refractivity contribution in [1.29, 1.82) is 0 Å². The van der Waals surface area contributed by atoms with Crippen LogP contribution in [0.3, 0.4) is 0 Å². The van der Waals surface area contributed by atoms with Crippen molar-refractivity contribution < 1.29 is 4.79 Å². The SMILES string of the molecule is C=CCn1c(=S)sc2c(=O)n(CC(=O)N(C)C(c3ccccc3)c3ccccc3)cnc21. The maximum absolute atomic E-state index is 13.3. The smallest absolute Gasteiger partial charge is 0.273 e. The second-order valence-corrected chi connectivity index (χ2v) is 8.97. The Kier molecular flexibility index (Phi) is 6.43. The summed E-state index contributed by atoms with van der Waals surface area (Å²) in [7, 11) is 1.76. The summed E-state index contributed by atoms with van der Waals surface area (Å²) in [5.41, 5.74) is 2.24. The number of amides is 1. The van der Waals surface area contributed by atoms with E-state index in [1.54, 1.807) is 22.6 Å². The first-order valence-electron chi connectivity index (χ1n) is 10.1. The molecule has 0 radical (unpaired) electrons. The molecule has 4 aromatic rings. The predicted octanol–water partition coefficient (Wildman–Crippen LogP) is 4.42. The number of allylic oxidation sites excluding steroid dienone is 1. The molecule has 0 atom stereocenters. The van der Waals surface area contributed by atoms with Gasteiger partial charge in [-0.15, -0.1) is 6.58 Å². The summed E-state index contributed by atoms with van der Waals surface area (Å²) in [5.74, 6) is -0.194. The first kappa shape index (κ1) is 21.9. The fraction of sp³-hybridized carbons (Fsp3) is 0.167. The van der Waals surface area contributed by atoms with Crippen LogP contribution in [0.5, 0.6) is 0 Å². The Labute approximate surface area is 194 Å². The van der Waals surface area contributed by atoms with Crippen molar-refractivity contribution >= 4 is 39.8 Å². The van der Waals surface area contributed by atoms with Crippen molar-refractivity contribution in [2.45, 2.75) is 19.1 Å². The molecule has 162 valence electrons. The van der Waals surface area contributed by atoms with Gasteiger partial charge in [-0.3, -0.25) is 14.2 Å². The van der Waals surface area contributed by atoms with Gasteiger partial charge in [0.1, 0.15) is 17.6 Å². The molecule has 0 aliphatic rings. The molecule has 0 saturated heterocycles. The Bertz CT molecular complexity index is 1330. The Morgan fingerprint density at radius 3 is 2.31 bits per heavy atom. The number of rotatable bonds is 7. The molecule has 8 heteroatoms. The molecule has 2 aromatic heterocycles. The van der Waals surface area contributed by atoms with Crippen LogP contribution in [0.1, 0.15) is 17.2 Å². The van der Waals surface area contributed by atoms with Gasteiger partial charge in [0, 0.05) is 13.6 Å². The molecule has 2 aromatic carbocycles. The third-order valence-corrected chi connectivity index (χ3v) is 6.70. The topological polar surface area (TPSA) is 60.1 Å². The summed E-state index contributed by atoms with van der Waals surface area (Å²) in [6, 6.07) is 19.4. The first-order chi connectivity index (χ1) is 15.5. The summed E-state index contributed by atoms with van der Waals surface area (Å²) in [6.07, 6.45) is 3.12. The molecule has 0 aliphatic carbocycles. The van der Waals surface area contributed by atoms with Crippen molar-refractivity contribution in [2.75, 3.05) is 7.05 Å². The van der Waals surface area contributed by atoms with Crippen LogP contribution < -0.4 is 5.56 Å². The number of carbonyl (C=O) groups excluding carboxylic acids is 1. The fourth-order valence-electron chi connectivity index (χ4n) is 3.69. The lowest BCUT2D eigenvalue weighted by Crippen LogP contribution is -2.37. The molecule has 0 N–H and O–H groups in total. The lowest BCUT2D eigenvalue weighted by Gasteiger charge is -2.29. The minimum atomic E-state index is -0.272. The van der Waals surface area contributed by atoms with Gasteiger partial charge in [0.2, 0.25) is 5.91 Å². The second-order valence-electron chi connectivity index (χ2n) is 7.33. The van der Waals surface area contributed by atoms with Crippen LogP contribution in [0, 0.1) is 3.95 Å². The zero-order chi connectivity index (χ0) is 22.7. The zero-order valence-corrected chi connectivity index (χ0v) is 19.2. The van der Waals surface area contributed by atoms with E-state index in [1.807, 2.05) is 60.7 Å². The van der Waals surface area contributed by atoms with Crippen LogP contribution >= 0.6 is 23.6 Å². The molecule has 32 heavy (non-hydrogen) atoms. The van der Waals surface area contributed by atoms with Gasteiger partial charge < -0.3 is 9.47 Å². The summed E-state index contributed by atoms with van der Waals surface area (Å²) in [6.45, 7) is 4.09. The lowest BCUT2D eigenvalue weighted by atomic mass is 9.97. The van der Waals surface area contributed by atoms with Crippen LogP contribution in [0.15, 0.2) is 84.4 Å². The van der Waals surface area contributed by atoms with E-state index in [1.165, 1.54) is 22.2 Å². The average Bonchev–Trinajstić information content (AvgIpc) is 3.13. The van der Waals surface area contributed by atoms with Crippen molar-refractivity contribution in [3.8, 4) is 0 Å². The van der Waals surface area contributed by atoms with Crippen LogP contribution in [0.2, 0.25) is 0 Å². The van der Waals surface area contributed by atoms with E-state index in [4.69, 9.17) is 12.2 Å². The van der Waals surface area contributed by atoms with E-state index < -0.39 is 0 Å². The Hall–Kier alpha value is -3.36. The number of carbonyl (C=O) groups is 1. The maximum atomic E-state index is 13.3. The highest BCUT2D eigenvalue weighted by atomic mass is 32.1. The number of hydrogen-bond donors (Lipinski definition) is 0. The van der Waals surface area contributed by atoms with E-state index in [-0.39, 0.29) is 24.1 Å². The van der Waals surface area contributed by atoms with E-state index in [2.05, 4.69) is 11.6 Å². The van der Waals surface area contributed by atoms with Gasteiger partial charge in [0.15, 0.2) is 9.60 Å². The number of hydrogen-bond acceptors (Lipinski definition) is 5. The summed E-state index contributed by atoms with van der Waals surface area (Å²) < 4.78 is 4.11. The van der Waals surface area contributed by atoms with E-state index in [0.29, 0.717) is 20.8 Å². The third kappa shape index (κ3) is 4.19. The zero-order valence-electron chi connectivity index (χ0n) is 17.5. The van der Waals surface area contributed by atoms with Crippen molar-refractivity contribution in [3.05, 3.63) is 105 Å². The largest absolute Gasteiger partial charge is 0.333 e. The molecule has 2 heterocycles. The fourth-order valence-corrected chi connectivity index (χ4v) is 5.00. The van der Waals surface area contributed by atoms with Crippen molar-refractivity contribution in [2.24, 2.45) is 0 Å². The van der Waals surface area contributed by atoms with Gasteiger partial charge in [-0.2, -0.15) is 0 Å². The van der Waals surface area contributed by atoms with Gasteiger partial charge >= 0.3 is 0 Å². The minimum absolute atomic E-state index is 0.111. The number of benzene rings is 2. The van der Waals surface area contributed by atoms with Gasteiger partial charge in [-0.05, 0) is 23.3 Å². The summed E-state index contributed by atoms with van der Waals surface area (Å²) in [5, 5.41) is 0. The van der Waals surface area contributed by atoms with Crippen LogP contribution in [0.4, 0.5) is 0 Å². The standard InChI is InChI=1S/C24H22N4O2S2/c1-3-14-28-22-21(32-24(28)31)23(30)27(16-25-22)15-19(29)26(2)20(17-10-6-4-7-11-17)18-12-8-5-9-13-18/h3-13,16,20H,1,14-15H2,2H3. The maximum Gasteiger partial charge on any atom is 0.273 e. The second kappa shape index (κ2) is 9.42. The Morgan fingerprint density at radius 2 is 1.75 bits per heavy atom. The molecule has 0 aliphatic heterocycles. The van der Waals surface area contributed by atoms with Crippen LogP contribution in [-0.2, 0) is 17.9 Å². The van der Waals surface area contributed by atoms with E-state index in [0.717, 1.165) is 11.1 Å². The van der Waals surface area contributed by atoms with Gasteiger partial charge in [0.05, 0.1) is 6.04 Å². The summed E-state index contributed by atoms with van der Waals surface area (Å²) >= 11 is 6.57. The van der Waals surface area contributed by atoms with E-state index in [9.17, 15) is 9.59 Å².